The fourth-order valence-corrected chi connectivity index (χ4v) is 8.07. The minimum absolute atomic E-state index is 0.0499. The lowest BCUT2D eigenvalue weighted by Gasteiger charge is -2.35. The minimum Gasteiger partial charge on any atom is -0.490 e. The summed E-state index contributed by atoms with van der Waals surface area (Å²) in [5, 5.41) is 4.86. The third-order valence-electron chi connectivity index (χ3n) is 9.94. The van der Waals surface area contributed by atoms with Gasteiger partial charge in [-0.25, -0.2) is 4.98 Å². The summed E-state index contributed by atoms with van der Waals surface area (Å²) in [5.74, 6) is 3.56. The van der Waals surface area contributed by atoms with E-state index in [4.69, 9.17) is 21.1 Å². The number of anilines is 2. The molecule has 0 saturated carbocycles. The highest BCUT2D eigenvalue weighted by Gasteiger charge is 2.23. The van der Waals surface area contributed by atoms with E-state index in [1.165, 1.54) is 15.6 Å². The molecule has 7 rings (SSSR count). The summed E-state index contributed by atoms with van der Waals surface area (Å²) in [6.07, 6.45) is 3.56. The van der Waals surface area contributed by atoms with Gasteiger partial charge in [0.25, 0.3) is 0 Å². The molecule has 2 aliphatic rings. The van der Waals surface area contributed by atoms with E-state index in [0.717, 1.165) is 114 Å². The number of carbonyl (C=O) groups excluding carboxylic acids is 1. The molecule has 0 aliphatic carbocycles. The highest BCUT2D eigenvalue weighted by Crippen LogP contribution is 2.35. The van der Waals surface area contributed by atoms with E-state index < -0.39 is 0 Å². The molecule has 5 aromatic rings. The Morgan fingerprint density at radius 1 is 0.942 bits per heavy atom. The first-order valence-electron chi connectivity index (χ1n) is 18.4. The van der Waals surface area contributed by atoms with Crippen LogP contribution >= 0.6 is 23.1 Å². The summed E-state index contributed by atoms with van der Waals surface area (Å²) in [6, 6.07) is 18.7. The lowest BCUT2D eigenvalue weighted by molar-refractivity contribution is -0.115. The molecule has 3 aromatic carbocycles. The molecule has 10 heteroatoms. The zero-order valence-electron chi connectivity index (χ0n) is 31.4. The second-order valence-corrected chi connectivity index (χ2v) is 15.2. The van der Waals surface area contributed by atoms with Crippen molar-refractivity contribution in [3.8, 4) is 17.4 Å². The number of pyridine rings is 1. The maximum absolute atomic E-state index is 11.6. The Labute approximate surface area is 317 Å². The van der Waals surface area contributed by atoms with Crippen LogP contribution in [0.3, 0.4) is 0 Å². The number of fused-ring (bicyclic) bond motifs is 2. The summed E-state index contributed by atoms with van der Waals surface area (Å²) in [7, 11) is 0. The summed E-state index contributed by atoms with van der Waals surface area (Å²) < 4.78 is 18.3. The molecule has 1 N–H and O–H groups in total. The van der Waals surface area contributed by atoms with Gasteiger partial charge >= 0.3 is 0 Å². The predicted octanol–water partition coefficient (Wildman–Crippen LogP) is 9.79. The predicted molar refractivity (Wildman–Crippen MR) is 215 cm³/mol. The quantitative estimate of drug-likeness (QED) is 0.153. The van der Waals surface area contributed by atoms with Crippen molar-refractivity contribution < 1.29 is 14.3 Å². The number of hydrogen-bond donors (Lipinski definition) is 1. The van der Waals surface area contributed by atoms with Crippen LogP contribution in [0, 0.1) is 34.6 Å². The molecular weight excluding hydrogens is 690 g/mol. The summed E-state index contributed by atoms with van der Waals surface area (Å²) in [6.45, 7) is 19.5. The van der Waals surface area contributed by atoms with Gasteiger partial charge in [-0.1, -0.05) is 61.3 Å². The number of aromatic nitrogens is 2. The molecule has 2 aromatic heterocycles. The van der Waals surface area contributed by atoms with Gasteiger partial charge < -0.3 is 19.7 Å². The standard InChI is InChI=1S/C21H21ClN4OS.C21H29NO2/c22-17-13-18-15(12-20(27)23-18)11-14(17)5-6-25-7-9-26(10-8-25)21-16-3-1-2-4-19(16)28-24-21;1-8-18(9-2)23-19-12-16(6)22-21(17(19)7)24-20-14(4)10-13(3)11-15(20)5/h1-4,11,13H,5-10,12H2,(H,23,27);10-12,18H,8-9H2,1-7H3. The monoisotopic (exact) mass is 739 g/mol. The number of hydrogen-bond acceptors (Lipinski definition) is 8. The molecule has 0 radical (unpaired) electrons. The average molecular weight is 740 g/mol. The smallest absolute Gasteiger partial charge is 0.228 e. The second kappa shape index (κ2) is 16.7. The Morgan fingerprint density at radius 2 is 1.65 bits per heavy atom. The second-order valence-electron chi connectivity index (χ2n) is 14.0. The number of nitrogens with zero attached hydrogens (tertiary/aromatic N) is 4. The summed E-state index contributed by atoms with van der Waals surface area (Å²) in [5.41, 5.74) is 8.39. The highest BCUT2D eigenvalue weighted by molar-refractivity contribution is 7.13. The van der Waals surface area contributed by atoms with Gasteiger partial charge in [-0.3, -0.25) is 9.69 Å². The van der Waals surface area contributed by atoms with Crippen molar-refractivity contribution in [1.82, 2.24) is 14.3 Å². The maximum atomic E-state index is 11.6. The first-order chi connectivity index (χ1) is 25.0. The molecular formula is C42H50ClN5O3S. The molecule has 8 nitrogen and oxygen atoms in total. The lowest BCUT2D eigenvalue weighted by Crippen LogP contribution is -2.47. The van der Waals surface area contributed by atoms with E-state index in [-0.39, 0.29) is 12.0 Å². The van der Waals surface area contributed by atoms with Gasteiger partial charge in [0, 0.05) is 60.6 Å². The average Bonchev–Trinajstić information content (AvgIpc) is 3.72. The van der Waals surface area contributed by atoms with Crippen LogP contribution in [0.5, 0.6) is 17.4 Å². The summed E-state index contributed by atoms with van der Waals surface area (Å²) in [4.78, 5) is 21.0. The van der Waals surface area contributed by atoms with Crippen LogP contribution in [0.25, 0.3) is 10.1 Å². The number of ether oxygens (including phenoxy) is 2. The van der Waals surface area contributed by atoms with Gasteiger partial charge in [0.15, 0.2) is 0 Å². The van der Waals surface area contributed by atoms with Crippen molar-refractivity contribution in [2.45, 2.75) is 80.3 Å². The first kappa shape index (κ1) is 37.6. The van der Waals surface area contributed by atoms with Gasteiger partial charge in [-0.2, -0.15) is 4.37 Å². The molecule has 4 heterocycles. The van der Waals surface area contributed by atoms with Gasteiger partial charge in [-0.05, 0) is 106 Å². The van der Waals surface area contributed by atoms with E-state index in [9.17, 15) is 4.79 Å². The van der Waals surface area contributed by atoms with Crippen LogP contribution in [0.2, 0.25) is 5.02 Å². The van der Waals surface area contributed by atoms with Crippen LogP contribution in [0.4, 0.5) is 11.5 Å². The van der Waals surface area contributed by atoms with Gasteiger partial charge in [0.05, 0.1) is 22.8 Å². The molecule has 0 atom stereocenters. The largest absolute Gasteiger partial charge is 0.490 e. The number of aryl methyl sites for hydroxylation is 4. The van der Waals surface area contributed by atoms with E-state index in [1.807, 2.05) is 26.0 Å². The number of amides is 1. The van der Waals surface area contributed by atoms with Crippen molar-refractivity contribution in [1.29, 1.82) is 0 Å². The Morgan fingerprint density at radius 3 is 2.37 bits per heavy atom. The Hall–Kier alpha value is -4.18. The zero-order chi connectivity index (χ0) is 36.9. The highest BCUT2D eigenvalue weighted by atomic mass is 35.5. The Bertz CT molecular complexity index is 2030. The van der Waals surface area contributed by atoms with Crippen LogP contribution in [0.15, 0.2) is 54.6 Å². The maximum Gasteiger partial charge on any atom is 0.228 e. The fraction of sp³-hybridized carbons (Fsp3) is 0.405. The van der Waals surface area contributed by atoms with Crippen LogP contribution in [0.1, 0.15) is 65.8 Å². The first-order valence-corrected chi connectivity index (χ1v) is 19.5. The van der Waals surface area contributed by atoms with Crippen LogP contribution in [-0.4, -0.2) is 59.0 Å². The molecule has 1 saturated heterocycles. The van der Waals surface area contributed by atoms with Gasteiger partial charge in [0.1, 0.15) is 17.3 Å². The van der Waals surface area contributed by atoms with Crippen LogP contribution < -0.4 is 19.7 Å². The minimum atomic E-state index is 0.0499. The van der Waals surface area contributed by atoms with E-state index in [2.05, 4.69) is 102 Å². The normalized spacial score (nSPS) is 14.3. The van der Waals surface area contributed by atoms with E-state index in [1.54, 1.807) is 11.5 Å². The Balaban J connectivity index is 0.000000181. The van der Waals surface area contributed by atoms with Crippen molar-refractivity contribution >= 4 is 50.6 Å². The number of rotatable bonds is 10. The lowest BCUT2D eigenvalue weighted by atomic mass is 10.1. The molecule has 0 unspecified atom stereocenters. The van der Waals surface area contributed by atoms with Crippen molar-refractivity contribution in [3.05, 3.63) is 98.7 Å². The SMILES string of the molecule is CCC(CC)Oc1cc(C)nc(Oc2c(C)cc(C)cc2C)c1C.O=C1Cc2cc(CCN3CCN(c4nsc5ccccc45)CC3)c(Cl)cc2N1. The molecule has 274 valence electrons. The molecule has 52 heavy (non-hydrogen) atoms. The van der Waals surface area contributed by atoms with E-state index >= 15 is 0 Å². The van der Waals surface area contributed by atoms with Gasteiger partial charge in [-0.15, -0.1) is 0 Å². The van der Waals surface area contributed by atoms with Gasteiger partial charge in [0.2, 0.25) is 11.8 Å². The van der Waals surface area contributed by atoms with Crippen LogP contribution in [-0.2, 0) is 17.6 Å². The van der Waals surface area contributed by atoms with Crippen molar-refractivity contribution in [2.75, 3.05) is 42.9 Å². The number of nitrogens with one attached hydrogen (secondary N) is 1. The summed E-state index contributed by atoms with van der Waals surface area (Å²) >= 11 is 8.01. The number of benzene rings is 3. The Kier molecular flexibility index (Phi) is 12.0. The number of halogens is 1. The fourth-order valence-electron chi connectivity index (χ4n) is 7.01. The molecule has 2 aliphatic heterocycles. The van der Waals surface area contributed by atoms with Crippen molar-refractivity contribution in [3.63, 3.8) is 0 Å². The topological polar surface area (TPSA) is 79.8 Å². The number of carbonyl (C=O) groups is 1. The third-order valence-corrected chi connectivity index (χ3v) is 11.1. The molecule has 0 bridgehead atoms. The van der Waals surface area contributed by atoms with E-state index in [0.29, 0.717) is 12.3 Å². The zero-order valence-corrected chi connectivity index (χ0v) is 33.0. The third kappa shape index (κ3) is 8.71. The molecule has 0 spiro atoms. The molecule has 1 fully saturated rings. The molecule has 1 amide bonds. The van der Waals surface area contributed by atoms with Crippen molar-refractivity contribution in [2.24, 2.45) is 0 Å². The number of piperazine rings is 1.